The molecule has 0 rings (SSSR count). The predicted octanol–water partition coefficient (Wildman–Crippen LogP) is 4.07. The molecule has 0 aliphatic heterocycles. The predicted molar refractivity (Wildman–Crippen MR) is 152 cm³/mol. The summed E-state index contributed by atoms with van der Waals surface area (Å²) in [7, 11) is -3.60. The summed E-state index contributed by atoms with van der Waals surface area (Å²) in [6, 6.07) is 0.503. The topological polar surface area (TPSA) is 142 Å². The van der Waals surface area contributed by atoms with Crippen molar-refractivity contribution in [1.29, 1.82) is 0 Å². The van der Waals surface area contributed by atoms with Gasteiger partial charge >= 0.3 is 0 Å². The number of rotatable bonds is 29. The summed E-state index contributed by atoms with van der Waals surface area (Å²) in [4.78, 5) is 0. The van der Waals surface area contributed by atoms with Crippen molar-refractivity contribution in [2.45, 2.75) is 129 Å². The van der Waals surface area contributed by atoms with E-state index in [0.717, 1.165) is 20.0 Å². The van der Waals surface area contributed by atoms with Gasteiger partial charge in [0.15, 0.2) is 0 Å². The highest BCUT2D eigenvalue weighted by Gasteiger charge is 2.11. The van der Waals surface area contributed by atoms with E-state index in [1.165, 1.54) is 109 Å². The van der Waals surface area contributed by atoms with Gasteiger partial charge in [-0.15, -0.1) is 0 Å². The molecule has 0 radical (unpaired) electrons. The molecule has 38 heavy (non-hydrogen) atoms. The quantitative estimate of drug-likeness (QED) is 0.0693. The fourth-order valence-corrected chi connectivity index (χ4v) is 4.23. The maximum absolute atomic E-state index is 9.22. The van der Waals surface area contributed by atoms with Crippen LogP contribution in [0.1, 0.15) is 122 Å². The van der Waals surface area contributed by atoms with Crippen LogP contribution in [0.3, 0.4) is 0 Å². The molecule has 0 saturated heterocycles. The van der Waals surface area contributed by atoms with E-state index in [9.17, 15) is 13.0 Å². The molecule has 232 valence electrons. The van der Waals surface area contributed by atoms with Crippen molar-refractivity contribution in [3.8, 4) is 0 Å². The molecule has 0 unspecified atom stereocenters. The molecule has 0 spiro atoms. The van der Waals surface area contributed by atoms with Crippen LogP contribution in [-0.4, -0.2) is 82.5 Å². The summed E-state index contributed by atoms with van der Waals surface area (Å²) in [6.45, 7) is 5.88. The van der Waals surface area contributed by atoms with Crippen molar-refractivity contribution in [3.63, 3.8) is 0 Å². The van der Waals surface area contributed by atoms with Crippen LogP contribution in [0, 0.1) is 0 Å². The van der Waals surface area contributed by atoms with Crippen molar-refractivity contribution >= 4 is 10.4 Å². The van der Waals surface area contributed by atoms with Crippen molar-refractivity contribution in [2.75, 3.05) is 53.3 Å². The van der Waals surface area contributed by atoms with E-state index >= 15 is 0 Å². The fraction of sp³-hybridized carbons (Fsp3) is 1.00. The van der Waals surface area contributed by atoms with Gasteiger partial charge in [-0.2, -0.15) is 0 Å². The number of ether oxygens (including phenoxy) is 2. The van der Waals surface area contributed by atoms with Crippen molar-refractivity contribution in [3.05, 3.63) is 0 Å². The van der Waals surface area contributed by atoms with Crippen molar-refractivity contribution < 1.29 is 42.2 Å². The van der Waals surface area contributed by atoms with Gasteiger partial charge in [-0.05, 0) is 12.8 Å². The fourth-order valence-electron chi connectivity index (χ4n) is 4.23. The molecule has 4 N–H and O–H groups in total. The van der Waals surface area contributed by atoms with Crippen LogP contribution in [0.4, 0.5) is 0 Å². The molecule has 0 aromatic rings. The molecule has 0 aromatic heterocycles. The van der Waals surface area contributed by atoms with E-state index in [4.69, 9.17) is 19.7 Å². The average Bonchev–Trinajstić information content (AvgIpc) is 2.90. The maximum atomic E-state index is 9.22. The number of aliphatic hydroxyl groups is 2. The monoisotopic (exact) mass is 571 g/mol. The van der Waals surface area contributed by atoms with Gasteiger partial charge in [0.25, 0.3) is 0 Å². The summed E-state index contributed by atoms with van der Waals surface area (Å²) in [5.74, 6) is 0. The summed E-state index contributed by atoms with van der Waals surface area (Å²) >= 11 is 0. The van der Waals surface area contributed by atoms with Gasteiger partial charge in [-0.1, -0.05) is 96.8 Å². The lowest BCUT2D eigenvalue weighted by molar-refractivity contribution is -0.691. The molecule has 9 nitrogen and oxygen atoms in total. The third kappa shape index (κ3) is 37.8. The van der Waals surface area contributed by atoms with Gasteiger partial charge in [-0.25, -0.2) is 8.42 Å². The highest BCUT2D eigenvalue weighted by molar-refractivity contribution is 7.80. The molecule has 0 aliphatic rings. The summed E-state index contributed by atoms with van der Waals surface area (Å²) in [5, 5.41) is 20.1. The third-order valence-corrected chi connectivity index (χ3v) is 6.91. The van der Waals surface area contributed by atoms with Crippen LogP contribution >= 0.6 is 0 Å². The first-order chi connectivity index (χ1) is 18.4. The van der Waals surface area contributed by atoms with E-state index in [1.807, 2.05) is 0 Å². The Kier molecular flexibility index (Phi) is 34.4. The minimum atomic E-state index is -4.41. The van der Waals surface area contributed by atoms with Gasteiger partial charge in [0.1, 0.15) is 0 Å². The minimum absolute atomic E-state index is 0.0905. The standard InChI is InChI=1S/C27H57NO4.CH4O4S/c1-2-3-4-5-6-7-8-9-10-11-12-13-14-15-16-17-20-28-27(18-23-31-25-21-29)19-24-32-26-22-30;1-5-6(2,3)4/h27-30H,2-26H2,1H3;1H3,(H,2,3,4). The summed E-state index contributed by atoms with van der Waals surface area (Å²) in [6.07, 6.45) is 24.5. The molecule has 0 aromatic carbocycles. The van der Waals surface area contributed by atoms with Crippen LogP contribution in [0.5, 0.6) is 0 Å². The Labute approximate surface area is 234 Å². The second kappa shape index (κ2) is 32.9. The summed E-state index contributed by atoms with van der Waals surface area (Å²) < 4.78 is 41.9. The molecule has 0 aliphatic carbocycles. The number of quaternary nitrogens is 1. The van der Waals surface area contributed by atoms with Crippen LogP contribution < -0.4 is 5.32 Å². The van der Waals surface area contributed by atoms with Gasteiger partial charge in [0.05, 0.1) is 59.3 Å². The van der Waals surface area contributed by atoms with E-state index < -0.39 is 10.4 Å². The van der Waals surface area contributed by atoms with E-state index in [0.29, 0.717) is 32.5 Å². The van der Waals surface area contributed by atoms with Crippen LogP contribution in [0.25, 0.3) is 0 Å². The maximum Gasteiger partial charge on any atom is 0.217 e. The molecule has 0 fully saturated rings. The molecule has 10 heteroatoms. The first-order valence-corrected chi connectivity index (χ1v) is 16.5. The van der Waals surface area contributed by atoms with E-state index in [1.54, 1.807) is 0 Å². The lowest BCUT2D eigenvalue weighted by Crippen LogP contribution is -2.90. The highest BCUT2D eigenvalue weighted by Crippen LogP contribution is 2.13. The second-order valence-corrected chi connectivity index (χ2v) is 11.1. The zero-order valence-electron chi connectivity index (χ0n) is 24.6. The van der Waals surface area contributed by atoms with Gasteiger partial charge in [0, 0.05) is 12.8 Å². The third-order valence-electron chi connectivity index (χ3n) is 6.50. The number of aliphatic hydroxyl groups excluding tert-OH is 2. The average molecular weight is 572 g/mol. The zero-order chi connectivity index (χ0) is 28.6. The SMILES string of the molecule is CCCCCCCCCCCCCCCCCC[NH2+]C(CCOCCO)CCOCCO.COS(=O)(=O)[O-]. The number of nitrogens with two attached hydrogens (primary N) is 1. The van der Waals surface area contributed by atoms with Crippen LogP contribution in [-0.2, 0) is 24.1 Å². The number of unbranched alkanes of at least 4 members (excludes halogenated alkanes) is 15. The summed E-state index contributed by atoms with van der Waals surface area (Å²) in [5.41, 5.74) is 0. The molecule has 0 bridgehead atoms. The highest BCUT2D eigenvalue weighted by atomic mass is 32.3. The number of hydrogen-bond acceptors (Lipinski definition) is 8. The molecule has 0 amide bonds. The number of hydrogen-bond donors (Lipinski definition) is 3. The molecule has 0 atom stereocenters. The first-order valence-electron chi connectivity index (χ1n) is 15.1. The van der Waals surface area contributed by atoms with E-state index in [2.05, 4.69) is 16.4 Å². The van der Waals surface area contributed by atoms with Gasteiger partial charge in [0.2, 0.25) is 10.4 Å². The first kappa shape index (κ1) is 39.8. The molecule has 0 saturated carbocycles. The second-order valence-electron chi connectivity index (χ2n) is 9.91. The Morgan fingerprint density at radius 2 is 1.00 bits per heavy atom. The van der Waals surface area contributed by atoms with Gasteiger partial charge in [-0.3, -0.25) is 4.18 Å². The normalized spacial score (nSPS) is 11.6. The van der Waals surface area contributed by atoms with Gasteiger partial charge < -0.3 is 29.6 Å². The zero-order valence-corrected chi connectivity index (χ0v) is 25.4. The minimum Gasteiger partial charge on any atom is -0.726 e. The lowest BCUT2D eigenvalue weighted by atomic mass is 10.0. The molecule has 0 heterocycles. The smallest absolute Gasteiger partial charge is 0.217 e. The van der Waals surface area contributed by atoms with E-state index in [-0.39, 0.29) is 13.2 Å². The Hall–Kier alpha value is -0.330. The largest absolute Gasteiger partial charge is 0.726 e. The Morgan fingerprint density at radius 1 is 0.658 bits per heavy atom. The van der Waals surface area contributed by atoms with Crippen LogP contribution in [0.2, 0.25) is 0 Å². The molecular formula is C28H61NO8S. The van der Waals surface area contributed by atoms with Crippen LogP contribution in [0.15, 0.2) is 0 Å². The Morgan fingerprint density at radius 3 is 1.32 bits per heavy atom. The Bertz CT molecular complexity index is 525. The molecular weight excluding hydrogens is 510 g/mol. The van der Waals surface area contributed by atoms with Crippen molar-refractivity contribution in [2.24, 2.45) is 0 Å². The lowest BCUT2D eigenvalue weighted by Gasteiger charge is -2.16. The van der Waals surface area contributed by atoms with Crippen molar-refractivity contribution in [1.82, 2.24) is 0 Å². The Balaban J connectivity index is 0.